The molecule has 0 saturated carbocycles. The molecule has 0 aliphatic heterocycles. The van der Waals surface area contributed by atoms with E-state index in [9.17, 15) is 4.79 Å². The number of nitrogens with one attached hydrogen (secondary N) is 2. The molecule has 0 unspecified atom stereocenters. The van der Waals surface area contributed by atoms with Gasteiger partial charge in [0.1, 0.15) is 0 Å². The van der Waals surface area contributed by atoms with Crippen LogP contribution in [0, 0.1) is 5.92 Å². The van der Waals surface area contributed by atoms with Gasteiger partial charge in [0.15, 0.2) is 0 Å². The van der Waals surface area contributed by atoms with E-state index in [0.29, 0.717) is 25.1 Å². The van der Waals surface area contributed by atoms with Gasteiger partial charge in [0, 0.05) is 19.2 Å². The van der Waals surface area contributed by atoms with Crippen LogP contribution in [0.15, 0.2) is 0 Å². The van der Waals surface area contributed by atoms with Crippen LogP contribution < -0.4 is 10.6 Å². The molecule has 102 valence electrons. The SMILES string of the molecule is CCC(CC)NC(=O)CNCCOCC(C)C. The van der Waals surface area contributed by atoms with E-state index in [-0.39, 0.29) is 5.91 Å². The molecular weight excluding hydrogens is 216 g/mol. The van der Waals surface area contributed by atoms with Crippen molar-refractivity contribution in [2.45, 2.75) is 46.6 Å². The third-order valence-electron chi connectivity index (χ3n) is 2.51. The van der Waals surface area contributed by atoms with Gasteiger partial charge in [-0.1, -0.05) is 27.7 Å². The first-order valence-corrected chi connectivity index (χ1v) is 6.67. The average molecular weight is 244 g/mol. The van der Waals surface area contributed by atoms with Gasteiger partial charge < -0.3 is 15.4 Å². The first kappa shape index (κ1) is 16.4. The van der Waals surface area contributed by atoms with Crippen LogP contribution in [0.25, 0.3) is 0 Å². The van der Waals surface area contributed by atoms with Crippen molar-refractivity contribution in [2.24, 2.45) is 5.92 Å². The van der Waals surface area contributed by atoms with Crippen LogP contribution in [0.2, 0.25) is 0 Å². The van der Waals surface area contributed by atoms with Gasteiger partial charge in [-0.3, -0.25) is 4.79 Å². The number of carbonyl (C=O) groups excluding carboxylic acids is 1. The maximum Gasteiger partial charge on any atom is 0.234 e. The molecule has 0 aromatic heterocycles. The van der Waals surface area contributed by atoms with Crippen molar-refractivity contribution in [3.8, 4) is 0 Å². The van der Waals surface area contributed by atoms with Gasteiger partial charge in [0.25, 0.3) is 0 Å². The molecule has 17 heavy (non-hydrogen) atoms. The monoisotopic (exact) mass is 244 g/mol. The van der Waals surface area contributed by atoms with Gasteiger partial charge in [-0.05, 0) is 18.8 Å². The Balaban J connectivity index is 3.39. The number of hydrogen-bond donors (Lipinski definition) is 2. The third-order valence-corrected chi connectivity index (χ3v) is 2.51. The summed E-state index contributed by atoms with van der Waals surface area (Å²) in [5.74, 6) is 0.635. The van der Waals surface area contributed by atoms with Crippen molar-refractivity contribution >= 4 is 5.91 Å². The van der Waals surface area contributed by atoms with Crippen molar-refractivity contribution in [3.63, 3.8) is 0 Å². The third kappa shape index (κ3) is 10.3. The summed E-state index contributed by atoms with van der Waals surface area (Å²) in [4.78, 5) is 11.5. The summed E-state index contributed by atoms with van der Waals surface area (Å²) < 4.78 is 5.41. The lowest BCUT2D eigenvalue weighted by Gasteiger charge is -2.15. The topological polar surface area (TPSA) is 50.4 Å². The zero-order chi connectivity index (χ0) is 13.1. The van der Waals surface area contributed by atoms with Gasteiger partial charge >= 0.3 is 0 Å². The quantitative estimate of drug-likeness (QED) is 0.573. The van der Waals surface area contributed by atoms with E-state index in [2.05, 4.69) is 38.3 Å². The lowest BCUT2D eigenvalue weighted by Crippen LogP contribution is -2.40. The van der Waals surface area contributed by atoms with Gasteiger partial charge in [0.05, 0.1) is 13.2 Å². The summed E-state index contributed by atoms with van der Waals surface area (Å²) >= 11 is 0. The predicted molar refractivity (Wildman–Crippen MR) is 71.0 cm³/mol. The van der Waals surface area contributed by atoms with E-state index in [1.54, 1.807) is 0 Å². The Morgan fingerprint density at radius 2 is 1.88 bits per heavy atom. The maximum absolute atomic E-state index is 11.5. The minimum atomic E-state index is 0.0718. The van der Waals surface area contributed by atoms with Crippen LogP contribution in [-0.2, 0) is 9.53 Å². The number of ether oxygens (including phenoxy) is 1. The van der Waals surface area contributed by atoms with Crippen LogP contribution in [0.5, 0.6) is 0 Å². The Morgan fingerprint density at radius 1 is 1.24 bits per heavy atom. The van der Waals surface area contributed by atoms with Crippen LogP contribution in [0.4, 0.5) is 0 Å². The second-order valence-corrected chi connectivity index (χ2v) is 4.73. The highest BCUT2D eigenvalue weighted by atomic mass is 16.5. The summed E-state index contributed by atoms with van der Waals surface area (Å²) in [6.07, 6.45) is 1.97. The predicted octanol–water partition coefficient (Wildman–Crippen LogP) is 1.55. The summed E-state index contributed by atoms with van der Waals surface area (Å²) in [5, 5.41) is 6.06. The molecule has 0 saturated heterocycles. The molecule has 0 spiro atoms. The summed E-state index contributed by atoms with van der Waals surface area (Å²) in [6.45, 7) is 11.0. The Morgan fingerprint density at radius 3 is 2.41 bits per heavy atom. The molecule has 0 fully saturated rings. The van der Waals surface area contributed by atoms with E-state index in [4.69, 9.17) is 4.74 Å². The fourth-order valence-electron chi connectivity index (χ4n) is 1.44. The summed E-state index contributed by atoms with van der Waals surface area (Å²) in [7, 11) is 0. The molecule has 0 heterocycles. The standard InChI is InChI=1S/C13H28N2O2/c1-5-12(6-2)15-13(16)9-14-7-8-17-10-11(3)4/h11-12,14H,5-10H2,1-4H3,(H,15,16). The zero-order valence-electron chi connectivity index (χ0n) is 11.7. The maximum atomic E-state index is 11.5. The van der Waals surface area contributed by atoms with E-state index in [1.165, 1.54) is 0 Å². The largest absolute Gasteiger partial charge is 0.380 e. The van der Waals surface area contributed by atoms with Gasteiger partial charge in [-0.15, -0.1) is 0 Å². The minimum absolute atomic E-state index is 0.0718. The summed E-state index contributed by atoms with van der Waals surface area (Å²) in [6, 6.07) is 0.307. The number of rotatable bonds is 10. The highest BCUT2D eigenvalue weighted by molar-refractivity contribution is 5.78. The molecule has 0 aromatic carbocycles. The van der Waals surface area contributed by atoms with Gasteiger partial charge in [-0.25, -0.2) is 0 Å². The molecule has 0 bridgehead atoms. The van der Waals surface area contributed by atoms with E-state index < -0.39 is 0 Å². The molecule has 2 N–H and O–H groups in total. The first-order valence-electron chi connectivity index (χ1n) is 6.67. The van der Waals surface area contributed by atoms with Crippen LogP contribution in [0.3, 0.4) is 0 Å². The Hall–Kier alpha value is -0.610. The van der Waals surface area contributed by atoms with Crippen molar-refractivity contribution in [1.29, 1.82) is 0 Å². The molecular formula is C13H28N2O2. The van der Waals surface area contributed by atoms with Gasteiger partial charge in [-0.2, -0.15) is 0 Å². The van der Waals surface area contributed by atoms with E-state index in [1.807, 2.05) is 0 Å². The van der Waals surface area contributed by atoms with Crippen LogP contribution in [0.1, 0.15) is 40.5 Å². The Labute approximate surface area is 105 Å². The lowest BCUT2D eigenvalue weighted by atomic mass is 10.2. The first-order chi connectivity index (χ1) is 8.10. The average Bonchev–Trinajstić information content (AvgIpc) is 2.30. The lowest BCUT2D eigenvalue weighted by molar-refractivity contribution is -0.121. The fourth-order valence-corrected chi connectivity index (χ4v) is 1.44. The molecule has 4 heteroatoms. The Kier molecular flexibility index (Phi) is 10.2. The fraction of sp³-hybridized carbons (Fsp3) is 0.923. The number of carbonyl (C=O) groups is 1. The van der Waals surface area contributed by atoms with Crippen LogP contribution >= 0.6 is 0 Å². The van der Waals surface area contributed by atoms with Crippen molar-refractivity contribution in [3.05, 3.63) is 0 Å². The van der Waals surface area contributed by atoms with Gasteiger partial charge in [0.2, 0.25) is 5.91 Å². The zero-order valence-corrected chi connectivity index (χ0v) is 11.7. The van der Waals surface area contributed by atoms with Crippen molar-refractivity contribution < 1.29 is 9.53 Å². The molecule has 0 atom stereocenters. The minimum Gasteiger partial charge on any atom is -0.380 e. The molecule has 0 rings (SSSR count). The molecule has 1 amide bonds. The van der Waals surface area contributed by atoms with E-state index >= 15 is 0 Å². The molecule has 0 aliphatic rings. The number of hydrogen-bond acceptors (Lipinski definition) is 3. The van der Waals surface area contributed by atoms with E-state index in [0.717, 1.165) is 26.0 Å². The highest BCUT2D eigenvalue weighted by Crippen LogP contribution is 1.95. The second-order valence-electron chi connectivity index (χ2n) is 4.73. The normalized spacial score (nSPS) is 11.2. The highest BCUT2D eigenvalue weighted by Gasteiger charge is 2.07. The van der Waals surface area contributed by atoms with Crippen molar-refractivity contribution in [2.75, 3.05) is 26.3 Å². The summed E-state index contributed by atoms with van der Waals surface area (Å²) in [5.41, 5.74) is 0. The molecule has 0 aliphatic carbocycles. The van der Waals surface area contributed by atoms with Crippen LogP contribution in [-0.4, -0.2) is 38.3 Å². The number of amides is 1. The smallest absolute Gasteiger partial charge is 0.234 e. The second kappa shape index (κ2) is 10.5. The molecule has 0 radical (unpaired) electrons. The Bertz CT molecular complexity index is 192. The molecule has 0 aromatic rings. The molecule has 4 nitrogen and oxygen atoms in total. The van der Waals surface area contributed by atoms with Crippen molar-refractivity contribution in [1.82, 2.24) is 10.6 Å².